The lowest BCUT2D eigenvalue weighted by molar-refractivity contribution is 0.183. The Labute approximate surface area is 116 Å². The Hall–Kier alpha value is -0.870. The second-order valence-electron chi connectivity index (χ2n) is 5.94. The molecule has 1 aliphatic carbocycles. The molecule has 1 aliphatic rings. The maximum absolute atomic E-state index is 5.88. The predicted molar refractivity (Wildman–Crippen MR) is 78.6 cm³/mol. The average molecular weight is 264 g/mol. The SMILES string of the molecule is CCn1nc(C)cc1CC(NN)C1(CC)CCCC1. The minimum atomic E-state index is 0.362. The van der Waals surface area contributed by atoms with Crippen LogP contribution in [0.25, 0.3) is 0 Å². The Kier molecular flexibility index (Phi) is 4.63. The van der Waals surface area contributed by atoms with Crippen molar-refractivity contribution < 1.29 is 0 Å². The lowest BCUT2D eigenvalue weighted by Crippen LogP contribution is -2.48. The molecule has 3 N–H and O–H groups in total. The molecule has 0 radical (unpaired) electrons. The molecule has 1 aromatic rings. The minimum Gasteiger partial charge on any atom is -0.271 e. The van der Waals surface area contributed by atoms with Gasteiger partial charge in [-0.05, 0) is 44.6 Å². The van der Waals surface area contributed by atoms with Crippen molar-refractivity contribution in [3.8, 4) is 0 Å². The summed E-state index contributed by atoms with van der Waals surface area (Å²) in [7, 11) is 0. The molecule has 0 amide bonds. The molecule has 0 saturated heterocycles. The van der Waals surface area contributed by atoms with E-state index in [-0.39, 0.29) is 0 Å². The topological polar surface area (TPSA) is 55.9 Å². The standard InChI is InChI=1S/C15H28N4/c1-4-15(8-6-7-9-15)14(17-16)11-13-10-12(3)18-19(13)5-2/h10,14,17H,4-9,11,16H2,1-3H3. The maximum atomic E-state index is 5.88. The molecule has 1 atom stereocenters. The first-order chi connectivity index (χ1) is 9.15. The number of hydrogen-bond donors (Lipinski definition) is 2. The normalized spacial score (nSPS) is 19.8. The van der Waals surface area contributed by atoms with Crippen LogP contribution in [0.3, 0.4) is 0 Å². The van der Waals surface area contributed by atoms with E-state index in [0.717, 1.165) is 18.7 Å². The molecular weight excluding hydrogens is 236 g/mol. The summed E-state index contributed by atoms with van der Waals surface area (Å²) in [4.78, 5) is 0. The van der Waals surface area contributed by atoms with E-state index in [1.54, 1.807) is 0 Å². The first kappa shape index (κ1) is 14.5. The first-order valence-corrected chi connectivity index (χ1v) is 7.64. The third kappa shape index (κ3) is 2.84. The van der Waals surface area contributed by atoms with Gasteiger partial charge < -0.3 is 0 Å². The molecule has 1 saturated carbocycles. The van der Waals surface area contributed by atoms with Crippen molar-refractivity contribution in [1.29, 1.82) is 0 Å². The van der Waals surface area contributed by atoms with E-state index >= 15 is 0 Å². The van der Waals surface area contributed by atoms with E-state index in [2.05, 4.69) is 42.0 Å². The van der Waals surface area contributed by atoms with Crippen molar-refractivity contribution in [1.82, 2.24) is 15.2 Å². The van der Waals surface area contributed by atoms with Crippen LogP contribution in [0.2, 0.25) is 0 Å². The van der Waals surface area contributed by atoms with Crippen LogP contribution < -0.4 is 11.3 Å². The van der Waals surface area contributed by atoms with Crippen LogP contribution in [-0.4, -0.2) is 15.8 Å². The molecule has 1 unspecified atom stereocenters. The fraction of sp³-hybridized carbons (Fsp3) is 0.800. The number of rotatable bonds is 6. The number of aromatic nitrogens is 2. The Morgan fingerprint density at radius 1 is 1.42 bits per heavy atom. The van der Waals surface area contributed by atoms with E-state index in [1.807, 2.05) is 0 Å². The van der Waals surface area contributed by atoms with E-state index in [1.165, 1.54) is 37.8 Å². The van der Waals surface area contributed by atoms with Gasteiger partial charge in [0, 0.05) is 24.7 Å². The molecule has 2 rings (SSSR count). The van der Waals surface area contributed by atoms with Gasteiger partial charge in [-0.25, -0.2) is 0 Å². The maximum Gasteiger partial charge on any atom is 0.0596 e. The van der Waals surface area contributed by atoms with Crippen LogP contribution in [0.4, 0.5) is 0 Å². The molecule has 1 fully saturated rings. The highest BCUT2D eigenvalue weighted by atomic mass is 15.3. The van der Waals surface area contributed by atoms with Crippen molar-refractivity contribution >= 4 is 0 Å². The highest BCUT2D eigenvalue weighted by Crippen LogP contribution is 2.44. The number of nitrogens with one attached hydrogen (secondary N) is 1. The highest BCUT2D eigenvalue weighted by molar-refractivity contribution is 5.12. The van der Waals surface area contributed by atoms with Crippen molar-refractivity contribution in [2.24, 2.45) is 11.3 Å². The van der Waals surface area contributed by atoms with Gasteiger partial charge in [-0.3, -0.25) is 16.0 Å². The van der Waals surface area contributed by atoms with Gasteiger partial charge in [0.05, 0.1) is 5.69 Å². The molecule has 1 heterocycles. The van der Waals surface area contributed by atoms with Gasteiger partial charge in [0.1, 0.15) is 0 Å². The van der Waals surface area contributed by atoms with Gasteiger partial charge in [0.2, 0.25) is 0 Å². The zero-order valence-corrected chi connectivity index (χ0v) is 12.6. The largest absolute Gasteiger partial charge is 0.271 e. The number of hydrogen-bond acceptors (Lipinski definition) is 3. The van der Waals surface area contributed by atoms with Gasteiger partial charge in [0.25, 0.3) is 0 Å². The summed E-state index contributed by atoms with van der Waals surface area (Å²) in [5, 5.41) is 4.54. The Morgan fingerprint density at radius 3 is 2.63 bits per heavy atom. The van der Waals surface area contributed by atoms with Gasteiger partial charge >= 0.3 is 0 Å². The summed E-state index contributed by atoms with van der Waals surface area (Å²) >= 11 is 0. The van der Waals surface area contributed by atoms with Gasteiger partial charge in [-0.2, -0.15) is 5.10 Å². The second-order valence-corrected chi connectivity index (χ2v) is 5.94. The zero-order chi connectivity index (χ0) is 13.9. The Balaban J connectivity index is 2.18. The molecule has 1 aromatic heterocycles. The van der Waals surface area contributed by atoms with Crippen LogP contribution in [0.5, 0.6) is 0 Å². The third-order valence-electron chi connectivity index (χ3n) is 4.94. The summed E-state index contributed by atoms with van der Waals surface area (Å²) in [6.45, 7) is 7.44. The molecule has 0 aliphatic heterocycles. The zero-order valence-electron chi connectivity index (χ0n) is 12.6. The van der Waals surface area contributed by atoms with Crippen LogP contribution >= 0.6 is 0 Å². The van der Waals surface area contributed by atoms with Crippen LogP contribution in [-0.2, 0) is 13.0 Å². The quantitative estimate of drug-likeness (QED) is 0.613. The van der Waals surface area contributed by atoms with Gasteiger partial charge in [0.15, 0.2) is 0 Å². The smallest absolute Gasteiger partial charge is 0.0596 e. The predicted octanol–water partition coefficient (Wildman–Crippen LogP) is 2.56. The monoisotopic (exact) mass is 264 g/mol. The van der Waals surface area contributed by atoms with E-state index in [9.17, 15) is 0 Å². The lowest BCUT2D eigenvalue weighted by Gasteiger charge is -2.36. The van der Waals surface area contributed by atoms with Crippen molar-refractivity contribution in [2.75, 3.05) is 0 Å². The van der Waals surface area contributed by atoms with Crippen LogP contribution in [0.15, 0.2) is 6.07 Å². The Morgan fingerprint density at radius 2 is 2.11 bits per heavy atom. The summed E-state index contributed by atoms with van der Waals surface area (Å²) in [6, 6.07) is 2.56. The van der Waals surface area contributed by atoms with Crippen molar-refractivity contribution in [3.05, 3.63) is 17.5 Å². The fourth-order valence-electron chi connectivity index (χ4n) is 3.73. The fourth-order valence-corrected chi connectivity index (χ4v) is 3.73. The third-order valence-corrected chi connectivity index (χ3v) is 4.94. The summed E-state index contributed by atoms with van der Waals surface area (Å²) < 4.78 is 2.11. The molecule has 4 heteroatoms. The van der Waals surface area contributed by atoms with E-state index < -0.39 is 0 Å². The van der Waals surface area contributed by atoms with Crippen molar-refractivity contribution in [2.45, 2.75) is 71.9 Å². The van der Waals surface area contributed by atoms with Crippen LogP contribution in [0.1, 0.15) is 57.3 Å². The second kappa shape index (κ2) is 6.06. The lowest BCUT2D eigenvalue weighted by atomic mass is 9.74. The highest BCUT2D eigenvalue weighted by Gasteiger charge is 2.39. The van der Waals surface area contributed by atoms with Crippen LogP contribution in [0, 0.1) is 12.3 Å². The Bertz CT molecular complexity index is 404. The molecule has 108 valence electrons. The summed E-state index contributed by atoms with van der Waals surface area (Å²) in [5.74, 6) is 5.88. The van der Waals surface area contributed by atoms with E-state index in [0.29, 0.717) is 11.5 Å². The van der Waals surface area contributed by atoms with Gasteiger partial charge in [-0.15, -0.1) is 0 Å². The number of hydrazine groups is 1. The number of nitrogens with zero attached hydrogens (tertiary/aromatic N) is 2. The molecular formula is C15H28N4. The number of nitrogens with two attached hydrogens (primary N) is 1. The van der Waals surface area contributed by atoms with Gasteiger partial charge in [-0.1, -0.05) is 19.8 Å². The molecule has 19 heavy (non-hydrogen) atoms. The molecule has 0 bridgehead atoms. The summed E-state index contributed by atoms with van der Waals surface area (Å²) in [6.07, 6.45) is 7.49. The van der Waals surface area contributed by atoms with Crippen molar-refractivity contribution in [3.63, 3.8) is 0 Å². The minimum absolute atomic E-state index is 0.362. The molecule has 0 aromatic carbocycles. The average Bonchev–Trinajstić information content (AvgIpc) is 3.02. The van der Waals surface area contributed by atoms with E-state index in [4.69, 9.17) is 5.84 Å². The number of aryl methyl sites for hydroxylation is 2. The summed E-state index contributed by atoms with van der Waals surface area (Å²) in [5.41, 5.74) is 5.89. The molecule has 0 spiro atoms. The first-order valence-electron chi connectivity index (χ1n) is 7.64. The molecule has 4 nitrogen and oxygen atoms in total.